The molecule has 8 nitrogen and oxygen atoms in total. The van der Waals surface area contributed by atoms with Gasteiger partial charge in [0.05, 0.1) is 25.1 Å². The molecule has 3 aliphatic rings. The summed E-state index contributed by atoms with van der Waals surface area (Å²) < 4.78 is 13.9. The molecule has 8 heteroatoms. The predicted molar refractivity (Wildman–Crippen MR) is 180 cm³/mol. The molecule has 2 aromatic carbocycles. The third-order valence-corrected chi connectivity index (χ3v) is 9.03. The molecule has 0 N–H and O–H groups in total. The van der Waals surface area contributed by atoms with Crippen LogP contribution in [-0.4, -0.2) is 54.1 Å². The van der Waals surface area contributed by atoms with E-state index in [-0.39, 0.29) is 0 Å². The molecule has 0 saturated heterocycles. The summed E-state index contributed by atoms with van der Waals surface area (Å²) in [6.07, 6.45) is 11.9. The lowest BCUT2D eigenvalue weighted by Gasteiger charge is -2.38. The third-order valence-electron chi connectivity index (χ3n) is 9.03. The molecule has 0 amide bonds. The summed E-state index contributed by atoms with van der Waals surface area (Å²) in [4.78, 5) is 17.9. The van der Waals surface area contributed by atoms with E-state index in [4.69, 9.17) is 24.5 Å². The Morgan fingerprint density at radius 2 is 1.70 bits per heavy atom. The fraction of sp³-hybridized carbons (Fsp3) is 0.500. The van der Waals surface area contributed by atoms with Crippen molar-refractivity contribution < 1.29 is 9.47 Å². The fourth-order valence-electron chi connectivity index (χ4n) is 6.77. The average Bonchev–Trinajstić information content (AvgIpc) is 3.60. The standard InChI is InChI=1S/C36H46N6O2/c1-6-7-8-9-10-11-20-44-28-16-17-32(43-5)30(23-28)33-35(39-36(38-33)42-25(3)21-24(2)40-42)37-31-22-27-14-12-18-41-19-13-15-29(26(31)4)34(27)41/h16-17,21-23H,6-15,18-20H2,1-5H3. The van der Waals surface area contributed by atoms with Crippen LogP contribution >= 0.6 is 0 Å². The molecule has 3 aliphatic heterocycles. The summed E-state index contributed by atoms with van der Waals surface area (Å²) in [5, 5.41) is 4.68. The second-order valence-corrected chi connectivity index (χ2v) is 12.3. The van der Waals surface area contributed by atoms with E-state index >= 15 is 0 Å². The Balaban J connectivity index is 1.37. The zero-order valence-electron chi connectivity index (χ0n) is 27.1. The Hall–Kier alpha value is -3.94. The van der Waals surface area contributed by atoms with Gasteiger partial charge < -0.3 is 14.4 Å². The highest BCUT2D eigenvalue weighted by atomic mass is 16.5. The van der Waals surface area contributed by atoms with Gasteiger partial charge >= 0.3 is 0 Å². The first-order valence-electron chi connectivity index (χ1n) is 16.5. The van der Waals surface area contributed by atoms with E-state index in [0.29, 0.717) is 29.9 Å². The molecule has 0 spiro atoms. The summed E-state index contributed by atoms with van der Waals surface area (Å²) in [6, 6.07) is 10.3. The summed E-state index contributed by atoms with van der Waals surface area (Å²) in [5.74, 6) is 2.58. The average molecular weight is 595 g/mol. The Morgan fingerprint density at radius 1 is 0.909 bits per heavy atom. The molecule has 0 aliphatic carbocycles. The molecule has 44 heavy (non-hydrogen) atoms. The van der Waals surface area contributed by atoms with E-state index in [1.54, 1.807) is 11.8 Å². The summed E-state index contributed by atoms with van der Waals surface area (Å²) >= 11 is 0. The number of nitrogens with zero attached hydrogens (tertiary/aromatic N) is 6. The second kappa shape index (κ2) is 13.4. The van der Waals surface area contributed by atoms with E-state index in [2.05, 4.69) is 29.9 Å². The largest absolute Gasteiger partial charge is 0.496 e. The normalized spacial score (nSPS) is 16.7. The molecule has 0 fully saturated rings. The van der Waals surface area contributed by atoms with Crippen LogP contribution in [0.15, 0.2) is 45.3 Å². The van der Waals surface area contributed by atoms with Crippen molar-refractivity contribution in [1.82, 2.24) is 9.78 Å². The van der Waals surface area contributed by atoms with Crippen molar-refractivity contribution in [2.24, 2.45) is 15.0 Å². The lowest BCUT2D eigenvalue weighted by Crippen LogP contribution is -2.34. The Bertz CT molecular complexity index is 1610. The maximum atomic E-state index is 6.22. The van der Waals surface area contributed by atoms with Gasteiger partial charge in [-0.05, 0) is 99.9 Å². The van der Waals surface area contributed by atoms with Gasteiger partial charge in [-0.25, -0.2) is 14.7 Å². The van der Waals surface area contributed by atoms with Crippen LogP contribution in [0.5, 0.6) is 11.5 Å². The lowest BCUT2D eigenvalue weighted by molar-refractivity contribution is 0.303. The molecule has 4 heterocycles. The van der Waals surface area contributed by atoms with Crippen LogP contribution < -0.4 is 14.4 Å². The SMILES string of the molecule is CCCCCCCCOc1ccc(OC)c(C2=NC(n3nc(C)cc3C)=NC2=Nc2cc3c4c(c2C)CCCN4CCC3)c1. The van der Waals surface area contributed by atoms with Gasteiger partial charge in [-0.1, -0.05) is 39.0 Å². The highest BCUT2D eigenvalue weighted by Gasteiger charge is 2.29. The molecule has 0 atom stereocenters. The van der Waals surface area contributed by atoms with E-state index in [9.17, 15) is 0 Å². The van der Waals surface area contributed by atoms with Crippen molar-refractivity contribution in [3.63, 3.8) is 0 Å². The van der Waals surface area contributed by atoms with Crippen molar-refractivity contribution >= 4 is 28.9 Å². The van der Waals surface area contributed by atoms with Crippen LogP contribution in [0.2, 0.25) is 0 Å². The van der Waals surface area contributed by atoms with Crippen LogP contribution in [-0.2, 0) is 12.8 Å². The van der Waals surface area contributed by atoms with Gasteiger partial charge in [0.2, 0.25) is 0 Å². The number of hydrogen-bond acceptors (Lipinski definition) is 6. The summed E-state index contributed by atoms with van der Waals surface area (Å²) in [5.41, 5.74) is 9.88. The lowest BCUT2D eigenvalue weighted by atomic mass is 9.88. The molecule has 232 valence electrons. The number of ether oxygens (including phenoxy) is 2. The highest BCUT2D eigenvalue weighted by Crippen LogP contribution is 2.41. The molecular weight excluding hydrogens is 548 g/mol. The first-order valence-corrected chi connectivity index (χ1v) is 16.5. The van der Waals surface area contributed by atoms with Gasteiger partial charge in [0.1, 0.15) is 17.2 Å². The topological polar surface area (TPSA) is 76.6 Å². The monoisotopic (exact) mass is 594 g/mol. The Morgan fingerprint density at radius 3 is 2.48 bits per heavy atom. The minimum Gasteiger partial charge on any atom is -0.496 e. The van der Waals surface area contributed by atoms with Crippen LogP contribution in [0.4, 0.5) is 11.4 Å². The van der Waals surface area contributed by atoms with Gasteiger partial charge in [0, 0.05) is 30.0 Å². The molecule has 6 rings (SSSR count). The molecule has 0 radical (unpaired) electrons. The van der Waals surface area contributed by atoms with Crippen molar-refractivity contribution in [3.8, 4) is 11.5 Å². The number of aliphatic imine (C=N–C) groups is 3. The smallest absolute Gasteiger partial charge is 0.253 e. The second-order valence-electron chi connectivity index (χ2n) is 12.3. The van der Waals surface area contributed by atoms with Crippen molar-refractivity contribution in [3.05, 3.63) is 64.0 Å². The van der Waals surface area contributed by atoms with Crippen LogP contribution in [0.1, 0.15) is 91.9 Å². The maximum Gasteiger partial charge on any atom is 0.253 e. The first kappa shape index (κ1) is 30.1. The first-order chi connectivity index (χ1) is 21.5. The molecule has 0 unspecified atom stereocenters. The predicted octanol–water partition coefficient (Wildman–Crippen LogP) is 7.69. The van der Waals surface area contributed by atoms with Gasteiger partial charge in [-0.15, -0.1) is 0 Å². The number of anilines is 1. The molecule has 1 aromatic heterocycles. The van der Waals surface area contributed by atoms with E-state index in [1.807, 2.05) is 38.1 Å². The van der Waals surface area contributed by atoms with Crippen molar-refractivity contribution in [2.45, 2.75) is 91.9 Å². The summed E-state index contributed by atoms with van der Waals surface area (Å²) in [7, 11) is 1.69. The van der Waals surface area contributed by atoms with Gasteiger partial charge in [0.25, 0.3) is 5.96 Å². The number of methoxy groups -OCH3 is 1. The minimum absolute atomic E-state index is 0.507. The minimum atomic E-state index is 0.507. The number of benzene rings is 2. The van der Waals surface area contributed by atoms with E-state index < -0.39 is 0 Å². The van der Waals surface area contributed by atoms with Crippen LogP contribution in [0, 0.1) is 20.8 Å². The van der Waals surface area contributed by atoms with Crippen LogP contribution in [0.3, 0.4) is 0 Å². The molecule has 0 saturated carbocycles. The Kier molecular flexibility index (Phi) is 9.14. The number of amidine groups is 1. The zero-order chi connectivity index (χ0) is 30.6. The number of unbranched alkanes of at least 4 members (excludes halogenated alkanes) is 5. The van der Waals surface area contributed by atoms with Gasteiger partial charge in [0.15, 0.2) is 5.84 Å². The van der Waals surface area contributed by atoms with Crippen molar-refractivity contribution in [2.75, 3.05) is 31.7 Å². The maximum absolute atomic E-state index is 6.22. The molecule has 0 bridgehead atoms. The quantitative estimate of drug-likeness (QED) is 0.213. The number of aryl methyl sites for hydroxylation is 3. The molecular formula is C36H46N6O2. The van der Waals surface area contributed by atoms with Gasteiger partial charge in [-0.2, -0.15) is 10.1 Å². The highest BCUT2D eigenvalue weighted by molar-refractivity contribution is 6.53. The third kappa shape index (κ3) is 6.17. The number of hydrogen-bond donors (Lipinski definition) is 0. The van der Waals surface area contributed by atoms with Crippen molar-refractivity contribution in [1.29, 1.82) is 0 Å². The van der Waals surface area contributed by atoms with Crippen LogP contribution in [0.25, 0.3) is 0 Å². The zero-order valence-corrected chi connectivity index (χ0v) is 27.1. The summed E-state index contributed by atoms with van der Waals surface area (Å²) in [6.45, 7) is 11.5. The number of rotatable bonds is 11. The van der Waals surface area contributed by atoms with E-state index in [1.165, 1.54) is 67.3 Å². The van der Waals surface area contributed by atoms with Gasteiger partial charge in [-0.3, -0.25) is 0 Å². The molecule has 3 aromatic rings. The van der Waals surface area contributed by atoms with E-state index in [0.717, 1.165) is 60.7 Å². The number of aromatic nitrogens is 2. The Labute approximate surface area is 261 Å². The fourth-order valence-corrected chi connectivity index (χ4v) is 6.77.